The van der Waals surface area contributed by atoms with Crippen molar-refractivity contribution in [1.82, 2.24) is 0 Å². The van der Waals surface area contributed by atoms with Gasteiger partial charge in [-0.1, -0.05) is 25.5 Å². The van der Waals surface area contributed by atoms with Crippen LogP contribution >= 0.6 is 0 Å². The Hall–Kier alpha value is -1.23. The molecule has 0 amide bonds. The number of halogens is 3. The van der Waals surface area contributed by atoms with E-state index in [4.69, 9.17) is 0 Å². The second kappa shape index (κ2) is 4.80. The zero-order chi connectivity index (χ0) is 13.3. The SMILES string of the molecule is CCC1C(O)CC1c1ccc(OC(F)(F)F)cc1. The van der Waals surface area contributed by atoms with Crippen LogP contribution in [-0.2, 0) is 0 Å². The van der Waals surface area contributed by atoms with E-state index in [-0.39, 0.29) is 23.7 Å². The number of aliphatic hydroxyl groups is 1. The first-order chi connectivity index (χ1) is 8.40. The minimum Gasteiger partial charge on any atom is -0.406 e. The first-order valence-corrected chi connectivity index (χ1v) is 5.94. The molecule has 1 fully saturated rings. The lowest BCUT2D eigenvalue weighted by atomic mass is 9.66. The summed E-state index contributed by atoms with van der Waals surface area (Å²) in [5.41, 5.74) is 0.960. The van der Waals surface area contributed by atoms with E-state index in [0.29, 0.717) is 6.42 Å². The van der Waals surface area contributed by atoms with Crippen LogP contribution in [-0.4, -0.2) is 17.6 Å². The zero-order valence-corrected chi connectivity index (χ0v) is 9.95. The van der Waals surface area contributed by atoms with Crippen molar-refractivity contribution >= 4 is 0 Å². The molecule has 2 nitrogen and oxygen atoms in total. The van der Waals surface area contributed by atoms with Crippen molar-refractivity contribution < 1.29 is 23.0 Å². The zero-order valence-electron chi connectivity index (χ0n) is 9.95. The van der Waals surface area contributed by atoms with Gasteiger partial charge in [-0.2, -0.15) is 0 Å². The van der Waals surface area contributed by atoms with Crippen molar-refractivity contribution in [1.29, 1.82) is 0 Å². The van der Waals surface area contributed by atoms with E-state index < -0.39 is 6.36 Å². The Labute approximate surface area is 103 Å². The quantitative estimate of drug-likeness (QED) is 0.901. The first kappa shape index (κ1) is 13.2. The fourth-order valence-corrected chi connectivity index (χ4v) is 2.54. The Balaban J connectivity index is 2.04. The summed E-state index contributed by atoms with van der Waals surface area (Å²) in [6.07, 6.45) is -3.39. The summed E-state index contributed by atoms with van der Waals surface area (Å²) in [7, 11) is 0. The van der Waals surface area contributed by atoms with Crippen molar-refractivity contribution in [3.8, 4) is 5.75 Å². The first-order valence-electron chi connectivity index (χ1n) is 5.94. The molecule has 1 aromatic rings. The van der Waals surface area contributed by atoms with E-state index >= 15 is 0 Å². The lowest BCUT2D eigenvalue weighted by Crippen LogP contribution is -2.38. The highest BCUT2D eigenvalue weighted by atomic mass is 19.4. The van der Waals surface area contributed by atoms with Crippen molar-refractivity contribution in [3.05, 3.63) is 29.8 Å². The number of alkyl halides is 3. The van der Waals surface area contributed by atoms with Crippen molar-refractivity contribution in [2.24, 2.45) is 5.92 Å². The Morgan fingerprint density at radius 3 is 2.33 bits per heavy atom. The smallest absolute Gasteiger partial charge is 0.406 e. The van der Waals surface area contributed by atoms with Crippen LogP contribution in [0.2, 0.25) is 0 Å². The van der Waals surface area contributed by atoms with Gasteiger partial charge in [0, 0.05) is 0 Å². The maximum atomic E-state index is 12.0. The fourth-order valence-electron chi connectivity index (χ4n) is 2.54. The van der Waals surface area contributed by atoms with E-state index in [0.717, 1.165) is 12.0 Å². The van der Waals surface area contributed by atoms with E-state index in [9.17, 15) is 18.3 Å². The maximum Gasteiger partial charge on any atom is 0.573 e. The van der Waals surface area contributed by atoms with Crippen molar-refractivity contribution in [3.63, 3.8) is 0 Å². The molecule has 3 atom stereocenters. The van der Waals surface area contributed by atoms with Crippen LogP contribution in [0.25, 0.3) is 0 Å². The van der Waals surface area contributed by atoms with Gasteiger partial charge >= 0.3 is 6.36 Å². The number of ether oxygens (including phenoxy) is 1. The summed E-state index contributed by atoms with van der Waals surface area (Å²) < 4.78 is 39.8. The van der Waals surface area contributed by atoms with Gasteiger partial charge in [-0.15, -0.1) is 13.2 Å². The summed E-state index contributed by atoms with van der Waals surface area (Å²) >= 11 is 0. The van der Waals surface area contributed by atoms with Gasteiger partial charge < -0.3 is 9.84 Å². The molecule has 0 spiro atoms. The average molecular weight is 260 g/mol. The molecule has 1 aromatic carbocycles. The van der Waals surface area contributed by atoms with Gasteiger partial charge in [-0.3, -0.25) is 0 Å². The Morgan fingerprint density at radius 1 is 1.28 bits per heavy atom. The molecule has 2 rings (SSSR count). The van der Waals surface area contributed by atoms with Crippen LogP contribution in [0.3, 0.4) is 0 Å². The van der Waals surface area contributed by atoms with Gasteiger partial charge in [-0.25, -0.2) is 0 Å². The molecule has 0 aromatic heterocycles. The van der Waals surface area contributed by atoms with Crippen LogP contribution in [0.15, 0.2) is 24.3 Å². The van der Waals surface area contributed by atoms with Crippen LogP contribution in [0.1, 0.15) is 31.2 Å². The molecule has 18 heavy (non-hydrogen) atoms. The standard InChI is InChI=1S/C13H15F3O2/c1-2-10-11(7-12(10)17)8-3-5-9(6-4-8)18-13(14,15)16/h3-6,10-12,17H,2,7H2,1H3. The minimum absolute atomic E-state index is 0.208. The highest BCUT2D eigenvalue weighted by molar-refractivity contribution is 5.31. The molecule has 1 N–H and O–H groups in total. The summed E-state index contributed by atoms with van der Waals surface area (Å²) in [4.78, 5) is 0. The number of benzene rings is 1. The van der Waals surface area contributed by atoms with E-state index in [1.807, 2.05) is 6.92 Å². The highest BCUT2D eigenvalue weighted by Gasteiger charge is 2.39. The Morgan fingerprint density at radius 2 is 1.89 bits per heavy atom. The van der Waals surface area contributed by atoms with E-state index in [2.05, 4.69) is 4.74 Å². The second-order valence-corrected chi connectivity index (χ2v) is 4.60. The van der Waals surface area contributed by atoms with Crippen LogP contribution in [0.5, 0.6) is 5.75 Å². The summed E-state index contributed by atoms with van der Waals surface area (Å²) in [5.74, 6) is 0.239. The third-order valence-corrected chi connectivity index (χ3v) is 3.52. The van der Waals surface area contributed by atoms with Gasteiger partial charge in [0.05, 0.1) is 6.10 Å². The van der Waals surface area contributed by atoms with Crippen molar-refractivity contribution in [2.45, 2.75) is 38.1 Å². The van der Waals surface area contributed by atoms with Gasteiger partial charge in [0.1, 0.15) is 5.75 Å². The molecule has 1 aliphatic carbocycles. The lowest BCUT2D eigenvalue weighted by Gasteiger charge is -2.41. The largest absolute Gasteiger partial charge is 0.573 e. The number of aliphatic hydroxyl groups excluding tert-OH is 1. The summed E-state index contributed by atoms with van der Waals surface area (Å²) in [5, 5.41) is 9.57. The molecule has 1 aliphatic rings. The van der Waals surface area contributed by atoms with Crippen LogP contribution < -0.4 is 4.74 Å². The third kappa shape index (κ3) is 2.77. The molecule has 0 aliphatic heterocycles. The van der Waals surface area contributed by atoms with Crippen molar-refractivity contribution in [2.75, 3.05) is 0 Å². The van der Waals surface area contributed by atoms with Gasteiger partial charge in [0.15, 0.2) is 0 Å². The minimum atomic E-state index is -4.65. The number of hydrogen-bond acceptors (Lipinski definition) is 2. The highest BCUT2D eigenvalue weighted by Crippen LogP contribution is 2.44. The van der Waals surface area contributed by atoms with Crippen LogP contribution in [0.4, 0.5) is 13.2 Å². The maximum absolute atomic E-state index is 12.0. The average Bonchev–Trinajstić information content (AvgIpc) is 2.25. The Bertz CT molecular complexity index is 400. The van der Waals surface area contributed by atoms with E-state index in [1.165, 1.54) is 12.1 Å². The lowest BCUT2D eigenvalue weighted by molar-refractivity contribution is -0.274. The van der Waals surface area contributed by atoms with Gasteiger partial charge in [0.25, 0.3) is 0 Å². The molecule has 1 saturated carbocycles. The molecule has 0 heterocycles. The molecular weight excluding hydrogens is 245 g/mol. The van der Waals surface area contributed by atoms with Gasteiger partial charge in [-0.05, 0) is 36.0 Å². The summed E-state index contributed by atoms with van der Waals surface area (Å²) in [6.45, 7) is 2.00. The monoisotopic (exact) mass is 260 g/mol. The molecule has 3 unspecified atom stereocenters. The Kier molecular flexibility index (Phi) is 3.52. The molecule has 0 saturated heterocycles. The third-order valence-electron chi connectivity index (χ3n) is 3.52. The predicted molar refractivity (Wildman–Crippen MR) is 60.3 cm³/mol. The summed E-state index contributed by atoms with van der Waals surface area (Å²) in [6, 6.07) is 5.92. The number of hydrogen-bond donors (Lipinski definition) is 1. The molecule has 0 bridgehead atoms. The van der Waals surface area contributed by atoms with Crippen LogP contribution in [0, 0.1) is 5.92 Å². The fraction of sp³-hybridized carbons (Fsp3) is 0.538. The normalized spacial score (nSPS) is 27.7. The predicted octanol–water partition coefficient (Wildman–Crippen LogP) is 3.46. The molecule has 5 heteroatoms. The molecule has 0 radical (unpaired) electrons. The van der Waals surface area contributed by atoms with Gasteiger partial charge in [0.2, 0.25) is 0 Å². The van der Waals surface area contributed by atoms with E-state index in [1.54, 1.807) is 12.1 Å². The molecular formula is C13H15F3O2. The number of rotatable bonds is 3. The second-order valence-electron chi connectivity index (χ2n) is 4.60. The topological polar surface area (TPSA) is 29.5 Å². The molecule has 100 valence electrons.